The van der Waals surface area contributed by atoms with Gasteiger partial charge >= 0.3 is 6.36 Å². The standard InChI is InChI=1S/C27H18F5N3O2S/c28-20-2-1-3-21(29)23(20)22-14-19(25(36)35-26-33-12-13-38-26)24(34-22)17-6-4-15(5-7-17)16-8-10-18(11-9-16)37-27(30,31)32/h1-13,19,24H,14H2,(H,33,35,36)/t19-,24?/m0/s1. The van der Waals surface area contributed by atoms with Crippen LogP contribution in [-0.2, 0) is 4.79 Å². The van der Waals surface area contributed by atoms with E-state index in [-0.39, 0.29) is 29.4 Å². The number of hydrogen-bond donors (Lipinski definition) is 1. The molecule has 0 bridgehead atoms. The Balaban J connectivity index is 1.43. The normalized spacial score (nSPS) is 17.2. The number of amides is 1. The Labute approximate surface area is 217 Å². The van der Waals surface area contributed by atoms with Crippen LogP contribution in [0.3, 0.4) is 0 Å². The second-order valence-electron chi connectivity index (χ2n) is 8.45. The first-order valence-corrected chi connectivity index (χ1v) is 12.2. The highest BCUT2D eigenvalue weighted by Gasteiger charge is 2.38. The molecule has 1 N–H and O–H groups in total. The molecule has 0 fully saturated rings. The Bertz CT molecular complexity index is 1450. The van der Waals surface area contributed by atoms with Crippen molar-refractivity contribution in [2.45, 2.75) is 18.8 Å². The molecule has 1 aliphatic rings. The number of halogens is 5. The van der Waals surface area contributed by atoms with Crippen molar-refractivity contribution < 1.29 is 31.5 Å². The average Bonchev–Trinajstić information content (AvgIpc) is 3.54. The number of nitrogens with one attached hydrogen (secondary N) is 1. The second kappa shape index (κ2) is 10.3. The van der Waals surface area contributed by atoms with Gasteiger partial charge in [0.25, 0.3) is 0 Å². The number of carbonyl (C=O) groups excluding carboxylic acids is 1. The number of nitrogens with zero attached hydrogens (tertiary/aromatic N) is 2. The number of benzene rings is 3. The molecule has 194 valence electrons. The summed E-state index contributed by atoms with van der Waals surface area (Å²) in [6, 6.07) is 15.2. The molecular weight excluding hydrogens is 525 g/mol. The zero-order valence-corrected chi connectivity index (χ0v) is 20.2. The van der Waals surface area contributed by atoms with Gasteiger partial charge in [-0.2, -0.15) is 0 Å². The number of carbonyl (C=O) groups is 1. The minimum atomic E-state index is -4.78. The van der Waals surface area contributed by atoms with Gasteiger partial charge in [0.2, 0.25) is 5.91 Å². The van der Waals surface area contributed by atoms with Gasteiger partial charge in [-0.05, 0) is 41.0 Å². The summed E-state index contributed by atoms with van der Waals surface area (Å²) in [4.78, 5) is 21.8. The van der Waals surface area contributed by atoms with E-state index in [2.05, 4.69) is 20.0 Å². The number of alkyl halides is 3. The number of hydrogen-bond acceptors (Lipinski definition) is 5. The molecule has 0 aliphatic carbocycles. The SMILES string of the molecule is O=C(Nc1nccs1)[C@H]1CC(c2c(F)cccc2F)=NC1c1ccc(-c2ccc(OC(F)(F)F)cc2)cc1. The molecule has 1 amide bonds. The van der Waals surface area contributed by atoms with Gasteiger partial charge in [0.05, 0.1) is 17.5 Å². The summed E-state index contributed by atoms with van der Waals surface area (Å²) in [5, 5.41) is 4.84. The largest absolute Gasteiger partial charge is 0.573 e. The molecule has 3 aromatic carbocycles. The zero-order chi connectivity index (χ0) is 26.9. The number of anilines is 1. The number of rotatable bonds is 6. The van der Waals surface area contributed by atoms with Crippen LogP contribution in [0.1, 0.15) is 23.6 Å². The summed E-state index contributed by atoms with van der Waals surface area (Å²) in [6.45, 7) is 0. The third-order valence-corrected chi connectivity index (χ3v) is 6.70. The summed E-state index contributed by atoms with van der Waals surface area (Å²) in [6.07, 6.45) is -3.22. The lowest BCUT2D eigenvalue weighted by atomic mass is 9.90. The number of thiazole rings is 1. The molecule has 0 saturated carbocycles. The van der Waals surface area contributed by atoms with Gasteiger partial charge in [-0.25, -0.2) is 13.8 Å². The van der Waals surface area contributed by atoms with Crippen molar-refractivity contribution in [3.8, 4) is 16.9 Å². The monoisotopic (exact) mass is 543 g/mol. The summed E-state index contributed by atoms with van der Waals surface area (Å²) in [5.74, 6) is -3.00. The van der Waals surface area contributed by atoms with Crippen LogP contribution in [0.4, 0.5) is 27.1 Å². The molecular formula is C27H18F5N3O2S. The van der Waals surface area contributed by atoms with E-state index >= 15 is 0 Å². The van der Waals surface area contributed by atoms with Crippen molar-refractivity contribution in [2.24, 2.45) is 10.9 Å². The van der Waals surface area contributed by atoms with Crippen LogP contribution in [0.25, 0.3) is 11.1 Å². The Morgan fingerprint density at radius 2 is 1.58 bits per heavy atom. The maximum atomic E-state index is 14.5. The highest BCUT2D eigenvalue weighted by molar-refractivity contribution is 7.13. The minimum absolute atomic E-state index is 0.0160. The average molecular weight is 544 g/mol. The van der Waals surface area contributed by atoms with Gasteiger partial charge in [-0.15, -0.1) is 24.5 Å². The van der Waals surface area contributed by atoms with E-state index in [4.69, 9.17) is 0 Å². The predicted octanol–water partition coefficient (Wildman–Crippen LogP) is 7.18. The van der Waals surface area contributed by atoms with Gasteiger partial charge < -0.3 is 10.1 Å². The van der Waals surface area contributed by atoms with E-state index in [0.717, 1.165) is 12.1 Å². The molecule has 38 heavy (non-hydrogen) atoms. The molecule has 0 spiro atoms. The molecule has 4 aromatic rings. The predicted molar refractivity (Wildman–Crippen MR) is 133 cm³/mol. The van der Waals surface area contributed by atoms with Gasteiger partial charge in [0, 0.05) is 23.7 Å². The zero-order valence-electron chi connectivity index (χ0n) is 19.4. The van der Waals surface area contributed by atoms with Gasteiger partial charge in [0.1, 0.15) is 17.4 Å². The quantitative estimate of drug-likeness (QED) is 0.262. The van der Waals surface area contributed by atoms with Crippen LogP contribution in [0.2, 0.25) is 0 Å². The van der Waals surface area contributed by atoms with Gasteiger partial charge in [0.15, 0.2) is 5.13 Å². The minimum Gasteiger partial charge on any atom is -0.406 e. The van der Waals surface area contributed by atoms with Gasteiger partial charge in [-0.1, -0.05) is 42.5 Å². The molecule has 5 rings (SSSR count). The fourth-order valence-corrected chi connectivity index (χ4v) is 4.85. The molecule has 1 aromatic heterocycles. The number of aromatic nitrogens is 1. The lowest BCUT2D eigenvalue weighted by Crippen LogP contribution is -2.26. The number of ether oxygens (including phenoxy) is 1. The van der Waals surface area contributed by atoms with Crippen LogP contribution >= 0.6 is 11.3 Å². The lowest BCUT2D eigenvalue weighted by Gasteiger charge is -2.18. The molecule has 0 saturated heterocycles. The van der Waals surface area contributed by atoms with Crippen molar-refractivity contribution in [3.63, 3.8) is 0 Å². The summed E-state index contributed by atoms with van der Waals surface area (Å²) in [7, 11) is 0. The molecule has 2 heterocycles. The second-order valence-corrected chi connectivity index (χ2v) is 9.34. The van der Waals surface area contributed by atoms with Crippen molar-refractivity contribution >= 4 is 28.1 Å². The highest BCUT2D eigenvalue weighted by atomic mass is 32.1. The third kappa shape index (κ3) is 5.57. The van der Waals surface area contributed by atoms with Crippen LogP contribution < -0.4 is 10.1 Å². The Hall–Kier alpha value is -4.12. The summed E-state index contributed by atoms with van der Waals surface area (Å²) >= 11 is 1.24. The first kappa shape index (κ1) is 25.5. The van der Waals surface area contributed by atoms with Crippen molar-refractivity contribution in [1.29, 1.82) is 0 Å². The van der Waals surface area contributed by atoms with E-state index in [1.165, 1.54) is 41.7 Å². The van der Waals surface area contributed by atoms with E-state index in [9.17, 15) is 26.7 Å². The molecule has 11 heteroatoms. The Morgan fingerprint density at radius 1 is 0.947 bits per heavy atom. The fraction of sp³-hybridized carbons (Fsp3) is 0.148. The Morgan fingerprint density at radius 3 is 2.16 bits per heavy atom. The highest BCUT2D eigenvalue weighted by Crippen LogP contribution is 2.39. The van der Waals surface area contributed by atoms with Crippen LogP contribution in [0.15, 0.2) is 83.3 Å². The van der Waals surface area contributed by atoms with Crippen molar-refractivity contribution in [2.75, 3.05) is 5.32 Å². The molecule has 1 aliphatic heterocycles. The first-order valence-electron chi connectivity index (χ1n) is 11.4. The molecule has 2 atom stereocenters. The van der Waals surface area contributed by atoms with E-state index in [0.29, 0.717) is 21.8 Å². The number of aliphatic imine (C=N–C) groups is 1. The van der Waals surface area contributed by atoms with E-state index in [1.807, 2.05) is 0 Å². The maximum Gasteiger partial charge on any atom is 0.573 e. The van der Waals surface area contributed by atoms with E-state index in [1.54, 1.807) is 35.8 Å². The first-order chi connectivity index (χ1) is 18.2. The van der Waals surface area contributed by atoms with Crippen LogP contribution in [0.5, 0.6) is 5.75 Å². The molecule has 1 unspecified atom stereocenters. The fourth-order valence-electron chi connectivity index (χ4n) is 4.32. The molecule has 0 radical (unpaired) electrons. The summed E-state index contributed by atoms with van der Waals surface area (Å²) < 4.78 is 70.2. The Kier molecular flexibility index (Phi) is 6.94. The van der Waals surface area contributed by atoms with Crippen molar-refractivity contribution in [3.05, 3.63) is 101 Å². The molecule has 5 nitrogen and oxygen atoms in total. The smallest absolute Gasteiger partial charge is 0.406 e. The lowest BCUT2D eigenvalue weighted by molar-refractivity contribution is -0.274. The maximum absolute atomic E-state index is 14.5. The van der Waals surface area contributed by atoms with Gasteiger partial charge in [-0.3, -0.25) is 9.79 Å². The topological polar surface area (TPSA) is 63.6 Å². The summed E-state index contributed by atoms with van der Waals surface area (Å²) in [5.41, 5.74) is 1.87. The third-order valence-electron chi connectivity index (χ3n) is 6.01. The van der Waals surface area contributed by atoms with Crippen LogP contribution in [-0.4, -0.2) is 23.0 Å². The van der Waals surface area contributed by atoms with Crippen molar-refractivity contribution in [1.82, 2.24) is 4.98 Å². The van der Waals surface area contributed by atoms with Crippen LogP contribution in [0, 0.1) is 17.6 Å². The van der Waals surface area contributed by atoms with E-state index < -0.39 is 30.0 Å².